The van der Waals surface area contributed by atoms with E-state index in [4.69, 9.17) is 0 Å². The van der Waals surface area contributed by atoms with Crippen molar-refractivity contribution >= 4 is 22.0 Å². The van der Waals surface area contributed by atoms with Crippen LogP contribution in [0.3, 0.4) is 0 Å². The lowest BCUT2D eigenvalue weighted by molar-refractivity contribution is 0.492. The smallest absolute Gasteiger partial charge is 0.267 e. The van der Waals surface area contributed by atoms with E-state index in [1.807, 2.05) is 0 Å². The Labute approximate surface area is 120 Å². The molecule has 110 valence electrons. The summed E-state index contributed by atoms with van der Waals surface area (Å²) in [5.74, 6) is 0.648. The molecule has 0 bridgehead atoms. The summed E-state index contributed by atoms with van der Waals surface area (Å²) in [6.45, 7) is 6.26. The number of benzene rings is 1. The molecule has 0 aliphatic carbocycles. The van der Waals surface area contributed by atoms with Gasteiger partial charge >= 0.3 is 0 Å². The minimum Gasteiger partial charge on any atom is -0.315 e. The Morgan fingerprint density at radius 2 is 2.00 bits per heavy atom. The second kappa shape index (κ2) is 6.37. The number of rotatable bonds is 6. The molecule has 2 rings (SSSR count). The Morgan fingerprint density at radius 1 is 1.25 bits per heavy atom. The quantitative estimate of drug-likeness (QED) is 0.816. The van der Waals surface area contributed by atoms with E-state index in [-0.39, 0.29) is 4.90 Å². The SMILES string of the molecule is CC(C)CCNCCN1C=Nc2ccccc2S1(=O)=O. The molecule has 1 heterocycles. The second-order valence-electron chi connectivity index (χ2n) is 5.26. The molecule has 0 saturated heterocycles. The molecule has 0 fully saturated rings. The molecule has 1 aromatic carbocycles. The first-order valence-corrected chi connectivity index (χ1v) is 8.31. The maximum absolute atomic E-state index is 12.4. The molecule has 1 aliphatic heterocycles. The molecule has 0 spiro atoms. The van der Waals surface area contributed by atoms with Crippen molar-refractivity contribution in [2.24, 2.45) is 10.9 Å². The molecule has 0 unspecified atom stereocenters. The van der Waals surface area contributed by atoms with E-state index in [9.17, 15) is 8.42 Å². The van der Waals surface area contributed by atoms with Crippen LogP contribution in [0.1, 0.15) is 20.3 Å². The van der Waals surface area contributed by atoms with Gasteiger partial charge < -0.3 is 5.32 Å². The third-order valence-corrected chi connectivity index (χ3v) is 4.98. The van der Waals surface area contributed by atoms with Crippen molar-refractivity contribution in [2.45, 2.75) is 25.2 Å². The standard InChI is InChI=1S/C14H21N3O2S/c1-12(2)7-8-15-9-10-17-11-16-13-5-3-4-6-14(13)20(17,18)19/h3-6,11-12,15H,7-10H2,1-2H3. The highest BCUT2D eigenvalue weighted by atomic mass is 32.2. The average molecular weight is 295 g/mol. The molecule has 5 nitrogen and oxygen atoms in total. The van der Waals surface area contributed by atoms with E-state index in [1.54, 1.807) is 24.3 Å². The zero-order chi connectivity index (χ0) is 14.6. The number of nitrogens with zero attached hydrogens (tertiary/aromatic N) is 2. The van der Waals surface area contributed by atoms with Gasteiger partial charge in [0.2, 0.25) is 0 Å². The van der Waals surface area contributed by atoms with Gasteiger partial charge in [0, 0.05) is 13.1 Å². The molecule has 20 heavy (non-hydrogen) atoms. The van der Waals surface area contributed by atoms with Crippen LogP contribution in [0.5, 0.6) is 0 Å². The van der Waals surface area contributed by atoms with Gasteiger partial charge in [-0.2, -0.15) is 0 Å². The third-order valence-electron chi connectivity index (χ3n) is 3.18. The van der Waals surface area contributed by atoms with Gasteiger partial charge in [0.05, 0.1) is 5.69 Å². The van der Waals surface area contributed by atoms with E-state index in [0.717, 1.165) is 13.0 Å². The number of fused-ring (bicyclic) bond motifs is 1. The van der Waals surface area contributed by atoms with E-state index < -0.39 is 10.0 Å². The van der Waals surface area contributed by atoms with Gasteiger partial charge in [-0.15, -0.1) is 0 Å². The Kier molecular flexibility index (Phi) is 4.77. The highest BCUT2D eigenvalue weighted by Crippen LogP contribution is 2.29. The van der Waals surface area contributed by atoms with Crippen molar-refractivity contribution in [3.05, 3.63) is 24.3 Å². The van der Waals surface area contributed by atoms with Crippen LogP contribution in [0.15, 0.2) is 34.2 Å². The van der Waals surface area contributed by atoms with Crippen LogP contribution in [0.25, 0.3) is 0 Å². The summed E-state index contributed by atoms with van der Waals surface area (Å²) < 4.78 is 26.1. The minimum absolute atomic E-state index is 0.282. The Morgan fingerprint density at radius 3 is 2.75 bits per heavy atom. The van der Waals surface area contributed by atoms with Crippen LogP contribution in [0, 0.1) is 5.92 Å². The van der Waals surface area contributed by atoms with Gasteiger partial charge in [0.25, 0.3) is 10.0 Å². The average Bonchev–Trinajstić information content (AvgIpc) is 2.40. The zero-order valence-electron chi connectivity index (χ0n) is 11.9. The summed E-state index contributed by atoms with van der Waals surface area (Å²) in [4.78, 5) is 4.47. The summed E-state index contributed by atoms with van der Waals surface area (Å²) in [5, 5.41) is 3.26. The molecule has 0 saturated carbocycles. The second-order valence-corrected chi connectivity index (χ2v) is 7.12. The van der Waals surface area contributed by atoms with Crippen molar-refractivity contribution in [3.8, 4) is 0 Å². The molecular formula is C14H21N3O2S. The van der Waals surface area contributed by atoms with Gasteiger partial charge in [0.15, 0.2) is 0 Å². The van der Waals surface area contributed by atoms with Crippen LogP contribution < -0.4 is 5.32 Å². The number of aliphatic imine (C=N–C) groups is 1. The molecule has 6 heteroatoms. The van der Waals surface area contributed by atoms with Gasteiger partial charge in [-0.3, -0.25) is 4.31 Å². The van der Waals surface area contributed by atoms with E-state index in [2.05, 4.69) is 24.2 Å². The maximum atomic E-state index is 12.4. The highest BCUT2D eigenvalue weighted by Gasteiger charge is 2.27. The third kappa shape index (κ3) is 3.37. The van der Waals surface area contributed by atoms with E-state index in [0.29, 0.717) is 24.7 Å². The fourth-order valence-electron chi connectivity index (χ4n) is 1.98. The predicted molar refractivity (Wildman–Crippen MR) is 80.8 cm³/mol. The maximum Gasteiger partial charge on any atom is 0.267 e. The highest BCUT2D eigenvalue weighted by molar-refractivity contribution is 7.89. The zero-order valence-corrected chi connectivity index (χ0v) is 12.7. The van der Waals surface area contributed by atoms with Crippen LogP contribution in [0.2, 0.25) is 0 Å². The summed E-state index contributed by atoms with van der Waals surface area (Å²) in [7, 11) is -3.44. The van der Waals surface area contributed by atoms with Crippen LogP contribution >= 0.6 is 0 Å². The molecular weight excluding hydrogens is 274 g/mol. The fourth-order valence-corrected chi connectivity index (χ4v) is 3.37. The van der Waals surface area contributed by atoms with Crippen molar-refractivity contribution in [2.75, 3.05) is 19.6 Å². The van der Waals surface area contributed by atoms with Gasteiger partial charge in [-0.25, -0.2) is 13.4 Å². The number of hydrogen-bond donors (Lipinski definition) is 1. The predicted octanol–water partition coefficient (Wildman–Crippen LogP) is 1.99. The van der Waals surface area contributed by atoms with Crippen LogP contribution in [-0.2, 0) is 10.0 Å². The first-order valence-electron chi connectivity index (χ1n) is 6.87. The van der Waals surface area contributed by atoms with Crippen molar-refractivity contribution in [1.82, 2.24) is 9.62 Å². The lowest BCUT2D eigenvalue weighted by Crippen LogP contribution is -2.37. The first kappa shape index (κ1) is 15.0. The molecule has 0 radical (unpaired) electrons. The molecule has 1 aromatic rings. The Hall–Kier alpha value is -1.40. The summed E-state index contributed by atoms with van der Waals surface area (Å²) in [6, 6.07) is 6.81. The fraction of sp³-hybridized carbons (Fsp3) is 0.500. The molecule has 0 atom stereocenters. The van der Waals surface area contributed by atoms with E-state index in [1.165, 1.54) is 10.6 Å². The summed E-state index contributed by atoms with van der Waals surface area (Å²) in [5.41, 5.74) is 0.511. The van der Waals surface area contributed by atoms with Crippen LogP contribution in [0.4, 0.5) is 5.69 Å². The van der Waals surface area contributed by atoms with Crippen molar-refractivity contribution in [3.63, 3.8) is 0 Å². The molecule has 0 aromatic heterocycles. The normalized spacial score (nSPS) is 16.4. The first-order chi connectivity index (χ1) is 9.51. The number of hydrogen-bond acceptors (Lipinski definition) is 4. The van der Waals surface area contributed by atoms with Gasteiger partial charge in [0.1, 0.15) is 11.2 Å². The Balaban J connectivity index is 1.95. The number of para-hydroxylation sites is 1. The van der Waals surface area contributed by atoms with Crippen molar-refractivity contribution < 1.29 is 8.42 Å². The summed E-state index contributed by atoms with van der Waals surface area (Å²) >= 11 is 0. The Bertz CT molecular complexity index is 582. The van der Waals surface area contributed by atoms with E-state index >= 15 is 0 Å². The van der Waals surface area contributed by atoms with Gasteiger partial charge in [-0.1, -0.05) is 26.0 Å². The lowest BCUT2D eigenvalue weighted by Gasteiger charge is -2.24. The number of sulfonamides is 1. The number of nitrogens with one attached hydrogen (secondary N) is 1. The molecule has 0 amide bonds. The van der Waals surface area contributed by atoms with Crippen molar-refractivity contribution in [1.29, 1.82) is 0 Å². The monoisotopic (exact) mass is 295 g/mol. The minimum atomic E-state index is -3.44. The molecule has 1 aliphatic rings. The van der Waals surface area contributed by atoms with Crippen LogP contribution in [-0.4, -0.2) is 38.7 Å². The topological polar surface area (TPSA) is 61.8 Å². The lowest BCUT2D eigenvalue weighted by atomic mass is 10.1. The summed E-state index contributed by atoms with van der Waals surface area (Å²) in [6.07, 6.45) is 2.49. The largest absolute Gasteiger partial charge is 0.315 e. The molecule has 1 N–H and O–H groups in total. The van der Waals surface area contributed by atoms with Gasteiger partial charge in [-0.05, 0) is 31.0 Å².